The summed E-state index contributed by atoms with van der Waals surface area (Å²) in [4.78, 5) is 14.7. The number of benzene rings is 3. The molecule has 8 nitrogen and oxygen atoms in total. The number of nitrogen functional groups attached to an aromatic ring is 1. The van der Waals surface area contributed by atoms with E-state index in [0.717, 1.165) is 35.4 Å². The van der Waals surface area contributed by atoms with Crippen LogP contribution in [0, 0.1) is 5.82 Å². The number of aromatic nitrogens is 3. The highest BCUT2D eigenvalue weighted by atomic mass is 19.4. The predicted octanol–water partition coefficient (Wildman–Crippen LogP) is 4.85. The summed E-state index contributed by atoms with van der Waals surface area (Å²) in [7, 11) is 0. The van der Waals surface area contributed by atoms with Crippen molar-refractivity contribution in [3.05, 3.63) is 89.5 Å². The highest BCUT2D eigenvalue weighted by Crippen LogP contribution is 2.32. The fourth-order valence-corrected chi connectivity index (χ4v) is 5.20. The fourth-order valence-electron chi connectivity index (χ4n) is 5.20. The third-order valence-electron chi connectivity index (χ3n) is 7.26. The van der Waals surface area contributed by atoms with E-state index in [1.165, 1.54) is 48.1 Å². The highest BCUT2D eigenvalue weighted by Gasteiger charge is 2.36. The van der Waals surface area contributed by atoms with Gasteiger partial charge in [-0.05, 0) is 41.5 Å². The van der Waals surface area contributed by atoms with Gasteiger partial charge in [-0.2, -0.15) is 18.3 Å². The molecule has 0 aliphatic carbocycles. The second-order valence-electron chi connectivity index (χ2n) is 10.0. The first-order chi connectivity index (χ1) is 19.7. The predicted molar refractivity (Wildman–Crippen MR) is 144 cm³/mol. The van der Waals surface area contributed by atoms with E-state index < -0.39 is 29.3 Å². The average molecular weight is 566 g/mol. The first-order valence-corrected chi connectivity index (χ1v) is 13.0. The number of anilines is 2. The highest BCUT2D eigenvalue weighted by molar-refractivity contribution is 6.04. The number of hydrogen-bond acceptors (Lipinski definition) is 5. The van der Waals surface area contributed by atoms with E-state index in [1.807, 2.05) is 24.3 Å². The van der Waals surface area contributed by atoms with E-state index in [-0.39, 0.29) is 17.2 Å². The van der Waals surface area contributed by atoms with Gasteiger partial charge < -0.3 is 20.5 Å². The number of carbonyl (C=O) groups is 1. The number of amides is 1. The minimum absolute atomic E-state index is 0.0293. The maximum Gasteiger partial charge on any atom is 0.435 e. The van der Waals surface area contributed by atoms with Gasteiger partial charge in [0.1, 0.15) is 18.1 Å². The number of alkyl halides is 3. The maximum atomic E-state index is 15.3. The van der Waals surface area contributed by atoms with E-state index in [4.69, 9.17) is 10.3 Å². The van der Waals surface area contributed by atoms with E-state index in [0.29, 0.717) is 22.6 Å². The molecule has 0 radical (unpaired) electrons. The summed E-state index contributed by atoms with van der Waals surface area (Å²) in [6.07, 6.45) is -2.45. The molecule has 1 aliphatic heterocycles. The first kappa shape index (κ1) is 26.5. The number of carbonyl (C=O) groups excluding carboxylic acids is 1. The standard InChI is InChI=1S/C29H24F4N6O2/c30-22-13-17(20-6-2-1-5-18(20)16-38-11-3-4-12-38)7-9-23(22)35-28(40)24-15-26(29(31,32)33)36-39(24)19-8-10-25-21(14-19)27(34)37-41-25/h1-2,5-10,13-15H,3-4,11-12,16H2,(H2,34,37)(H,35,40)/p+1. The molecule has 3 heterocycles. The number of quaternary nitrogens is 1. The summed E-state index contributed by atoms with van der Waals surface area (Å²) < 4.78 is 61.9. The molecule has 0 saturated carbocycles. The number of fused-ring (bicyclic) bond motifs is 1. The van der Waals surface area contributed by atoms with Gasteiger partial charge in [0.2, 0.25) is 0 Å². The molecule has 1 fully saturated rings. The van der Waals surface area contributed by atoms with Crippen LogP contribution in [0.5, 0.6) is 0 Å². The SMILES string of the molecule is Nc1noc2ccc(-n3nc(C(F)(F)F)cc3C(=O)Nc3ccc(-c4ccccc4C[NH+]4CCCC4)cc3F)cc12. The molecule has 0 bridgehead atoms. The second kappa shape index (κ2) is 10.4. The van der Waals surface area contributed by atoms with Crippen LogP contribution in [-0.4, -0.2) is 33.9 Å². The lowest BCUT2D eigenvalue weighted by molar-refractivity contribution is -0.901. The van der Waals surface area contributed by atoms with Gasteiger partial charge in [-0.25, -0.2) is 9.07 Å². The van der Waals surface area contributed by atoms with Crippen LogP contribution in [0.2, 0.25) is 0 Å². The van der Waals surface area contributed by atoms with Crippen molar-refractivity contribution in [2.75, 3.05) is 24.1 Å². The lowest BCUT2D eigenvalue weighted by Gasteiger charge is -2.16. The Hall–Kier alpha value is -4.71. The van der Waals surface area contributed by atoms with Gasteiger partial charge in [-0.1, -0.05) is 35.5 Å². The number of likely N-dealkylation sites (tertiary alicyclic amines) is 1. The molecule has 2 aromatic heterocycles. The van der Waals surface area contributed by atoms with E-state index in [1.54, 1.807) is 6.07 Å². The number of nitrogens with two attached hydrogens (primary N) is 1. The van der Waals surface area contributed by atoms with Gasteiger partial charge in [0, 0.05) is 24.5 Å². The monoisotopic (exact) mass is 565 g/mol. The number of nitrogens with one attached hydrogen (secondary N) is 2. The lowest BCUT2D eigenvalue weighted by atomic mass is 9.99. The molecule has 3 aromatic carbocycles. The van der Waals surface area contributed by atoms with Crippen molar-refractivity contribution in [2.45, 2.75) is 25.6 Å². The van der Waals surface area contributed by atoms with Gasteiger partial charge in [0.05, 0.1) is 29.9 Å². The Morgan fingerprint density at radius 2 is 1.83 bits per heavy atom. The van der Waals surface area contributed by atoms with Crippen LogP contribution in [0.3, 0.4) is 0 Å². The van der Waals surface area contributed by atoms with Crippen LogP contribution < -0.4 is 16.0 Å². The van der Waals surface area contributed by atoms with E-state index in [2.05, 4.69) is 15.6 Å². The minimum atomic E-state index is -4.82. The molecular weight excluding hydrogens is 540 g/mol. The summed E-state index contributed by atoms with van der Waals surface area (Å²) >= 11 is 0. The van der Waals surface area contributed by atoms with Gasteiger partial charge in [-0.15, -0.1) is 0 Å². The molecule has 1 aliphatic rings. The Balaban J connectivity index is 1.30. The van der Waals surface area contributed by atoms with Gasteiger partial charge in [0.25, 0.3) is 5.91 Å². The molecule has 1 saturated heterocycles. The van der Waals surface area contributed by atoms with Crippen LogP contribution in [0.25, 0.3) is 27.8 Å². The van der Waals surface area contributed by atoms with E-state index in [9.17, 15) is 18.0 Å². The van der Waals surface area contributed by atoms with Crippen molar-refractivity contribution in [2.24, 2.45) is 0 Å². The quantitative estimate of drug-likeness (QED) is 0.256. The summed E-state index contributed by atoms with van der Waals surface area (Å²) in [6, 6.07) is 17.1. The minimum Gasteiger partial charge on any atom is -0.380 e. The van der Waals surface area contributed by atoms with Gasteiger partial charge >= 0.3 is 6.18 Å². The van der Waals surface area contributed by atoms with Crippen molar-refractivity contribution in [1.82, 2.24) is 14.9 Å². The normalized spacial score (nSPS) is 14.1. The number of nitrogens with zero attached hydrogens (tertiary/aromatic N) is 3. The third-order valence-corrected chi connectivity index (χ3v) is 7.26. The first-order valence-electron chi connectivity index (χ1n) is 13.0. The molecular formula is C29H25F4N6O2+. The van der Waals surface area contributed by atoms with Crippen molar-refractivity contribution in [3.63, 3.8) is 0 Å². The maximum absolute atomic E-state index is 15.3. The van der Waals surface area contributed by atoms with Crippen LogP contribution in [0.4, 0.5) is 29.1 Å². The van der Waals surface area contributed by atoms with Crippen LogP contribution >= 0.6 is 0 Å². The Kier molecular flexibility index (Phi) is 6.70. The molecule has 1 amide bonds. The van der Waals surface area contributed by atoms with Crippen LogP contribution in [-0.2, 0) is 12.7 Å². The molecule has 12 heteroatoms. The molecule has 41 heavy (non-hydrogen) atoms. The summed E-state index contributed by atoms with van der Waals surface area (Å²) in [5.41, 5.74) is 6.91. The molecule has 0 atom stereocenters. The summed E-state index contributed by atoms with van der Waals surface area (Å²) in [6.45, 7) is 3.02. The third kappa shape index (κ3) is 5.25. The molecule has 6 rings (SSSR count). The lowest BCUT2D eigenvalue weighted by Crippen LogP contribution is -3.08. The zero-order valence-electron chi connectivity index (χ0n) is 21.6. The smallest absolute Gasteiger partial charge is 0.380 e. The molecule has 4 N–H and O–H groups in total. The van der Waals surface area contributed by atoms with Crippen molar-refractivity contribution < 1.29 is 31.8 Å². The largest absolute Gasteiger partial charge is 0.435 e. The topological polar surface area (TPSA) is 103 Å². The number of hydrogen-bond donors (Lipinski definition) is 3. The molecule has 0 spiro atoms. The number of halogens is 4. The Bertz CT molecular complexity index is 1750. The van der Waals surface area contributed by atoms with Crippen molar-refractivity contribution in [3.8, 4) is 16.8 Å². The Morgan fingerprint density at radius 1 is 1.05 bits per heavy atom. The number of rotatable bonds is 6. The van der Waals surface area contributed by atoms with E-state index >= 15 is 4.39 Å². The van der Waals surface area contributed by atoms with Gasteiger partial charge in [0.15, 0.2) is 17.1 Å². The molecule has 210 valence electrons. The zero-order valence-corrected chi connectivity index (χ0v) is 21.6. The summed E-state index contributed by atoms with van der Waals surface area (Å²) in [5.74, 6) is -1.67. The van der Waals surface area contributed by atoms with Crippen molar-refractivity contribution >= 4 is 28.4 Å². The van der Waals surface area contributed by atoms with Gasteiger partial charge in [-0.3, -0.25) is 4.79 Å². The molecule has 0 unspecified atom stereocenters. The van der Waals surface area contributed by atoms with Crippen LogP contribution in [0.1, 0.15) is 34.6 Å². The molecule has 5 aromatic rings. The fraction of sp³-hybridized carbons (Fsp3) is 0.207. The summed E-state index contributed by atoms with van der Waals surface area (Å²) in [5, 5.41) is 9.97. The zero-order chi connectivity index (χ0) is 28.7. The van der Waals surface area contributed by atoms with Crippen LogP contribution in [0.15, 0.2) is 71.3 Å². The van der Waals surface area contributed by atoms with Crippen molar-refractivity contribution in [1.29, 1.82) is 0 Å². The average Bonchev–Trinajstić information content (AvgIpc) is 3.70. The Morgan fingerprint density at radius 3 is 2.59 bits per heavy atom. The second-order valence-corrected chi connectivity index (χ2v) is 10.0. The Labute approximate surface area is 231 Å².